The van der Waals surface area contributed by atoms with Gasteiger partial charge < -0.3 is 20.1 Å². The number of aliphatic carboxylic acids is 1. The zero-order valence-corrected chi connectivity index (χ0v) is 14.9. The van der Waals surface area contributed by atoms with Crippen LogP contribution in [0, 0.1) is 5.92 Å². The summed E-state index contributed by atoms with van der Waals surface area (Å²) in [6.07, 6.45) is 2.83. The third-order valence-corrected chi connectivity index (χ3v) is 4.37. The number of hydrogen-bond acceptors (Lipinski definition) is 4. The first-order valence-electron chi connectivity index (χ1n) is 9.01. The molecule has 2 amide bonds. The summed E-state index contributed by atoms with van der Waals surface area (Å²) in [5.41, 5.74) is 0. The number of hydrogen-bond donors (Lipinski definition) is 2. The van der Waals surface area contributed by atoms with E-state index in [0.29, 0.717) is 38.2 Å². The number of ether oxygens (including phenoxy) is 1. The summed E-state index contributed by atoms with van der Waals surface area (Å²) in [4.78, 5) is 36.7. The number of carbonyl (C=O) groups excluding carboxylic acids is 2. The Labute approximate surface area is 153 Å². The first kappa shape index (κ1) is 19.8. The van der Waals surface area contributed by atoms with Crippen molar-refractivity contribution in [2.45, 2.75) is 32.1 Å². The van der Waals surface area contributed by atoms with E-state index in [1.165, 1.54) is 0 Å². The summed E-state index contributed by atoms with van der Waals surface area (Å²) in [7, 11) is 0. The Hall–Kier alpha value is -2.57. The Bertz CT molecular complexity index is 605. The Morgan fingerprint density at radius 1 is 1.19 bits per heavy atom. The molecule has 1 aliphatic heterocycles. The fraction of sp³-hybridized carbons (Fsp3) is 0.526. The summed E-state index contributed by atoms with van der Waals surface area (Å²) >= 11 is 0. The molecule has 2 rings (SSSR count). The van der Waals surface area contributed by atoms with Crippen LogP contribution in [0.2, 0.25) is 0 Å². The second-order valence-corrected chi connectivity index (χ2v) is 6.42. The van der Waals surface area contributed by atoms with Gasteiger partial charge in [0.1, 0.15) is 5.75 Å². The van der Waals surface area contributed by atoms with Crippen LogP contribution < -0.4 is 10.1 Å². The summed E-state index contributed by atoms with van der Waals surface area (Å²) < 4.78 is 5.49. The van der Waals surface area contributed by atoms with Gasteiger partial charge in [-0.05, 0) is 37.8 Å². The van der Waals surface area contributed by atoms with Gasteiger partial charge in [0, 0.05) is 26.1 Å². The van der Waals surface area contributed by atoms with Crippen LogP contribution in [0.5, 0.6) is 5.75 Å². The number of rotatable bonds is 9. The van der Waals surface area contributed by atoms with Crippen LogP contribution >= 0.6 is 0 Å². The molecule has 1 aliphatic rings. The summed E-state index contributed by atoms with van der Waals surface area (Å²) in [5.74, 6) is -0.581. The van der Waals surface area contributed by atoms with E-state index in [9.17, 15) is 14.4 Å². The molecule has 0 saturated carbocycles. The van der Waals surface area contributed by atoms with Crippen LogP contribution in [-0.2, 0) is 14.4 Å². The van der Waals surface area contributed by atoms with E-state index in [-0.39, 0.29) is 30.8 Å². The lowest BCUT2D eigenvalue weighted by molar-refractivity contribution is -0.138. The second-order valence-electron chi connectivity index (χ2n) is 6.42. The zero-order chi connectivity index (χ0) is 18.8. The fourth-order valence-corrected chi connectivity index (χ4v) is 2.93. The van der Waals surface area contributed by atoms with Crippen LogP contribution in [0.15, 0.2) is 30.3 Å². The van der Waals surface area contributed by atoms with Crippen molar-refractivity contribution >= 4 is 17.8 Å². The van der Waals surface area contributed by atoms with E-state index in [4.69, 9.17) is 9.84 Å². The molecule has 7 heteroatoms. The Kier molecular flexibility index (Phi) is 7.92. The van der Waals surface area contributed by atoms with Crippen molar-refractivity contribution in [2.24, 2.45) is 5.92 Å². The smallest absolute Gasteiger partial charge is 0.303 e. The molecule has 0 radical (unpaired) electrons. The van der Waals surface area contributed by atoms with Gasteiger partial charge in [0.25, 0.3) is 5.91 Å². The van der Waals surface area contributed by atoms with Crippen molar-refractivity contribution in [3.8, 4) is 5.75 Å². The predicted octanol–water partition coefficient (Wildman–Crippen LogP) is 1.68. The van der Waals surface area contributed by atoms with E-state index in [1.54, 1.807) is 17.0 Å². The average molecular weight is 362 g/mol. The number of unbranched alkanes of at least 4 members (excludes halogenated alkanes) is 1. The zero-order valence-electron chi connectivity index (χ0n) is 14.9. The Morgan fingerprint density at radius 2 is 1.96 bits per heavy atom. The van der Waals surface area contributed by atoms with Gasteiger partial charge in [-0.25, -0.2) is 0 Å². The van der Waals surface area contributed by atoms with Crippen LogP contribution in [0.4, 0.5) is 0 Å². The normalized spacial score (nSPS) is 16.8. The molecule has 142 valence electrons. The molecule has 1 saturated heterocycles. The van der Waals surface area contributed by atoms with Crippen molar-refractivity contribution in [2.75, 3.05) is 26.2 Å². The van der Waals surface area contributed by atoms with Gasteiger partial charge in [-0.15, -0.1) is 0 Å². The molecule has 0 bridgehead atoms. The lowest BCUT2D eigenvalue weighted by atomic mass is 9.97. The van der Waals surface area contributed by atoms with Gasteiger partial charge in [0.15, 0.2) is 6.61 Å². The molecule has 1 fully saturated rings. The quantitative estimate of drug-likeness (QED) is 0.652. The maximum Gasteiger partial charge on any atom is 0.303 e. The molecule has 1 aromatic rings. The largest absolute Gasteiger partial charge is 0.484 e. The topological polar surface area (TPSA) is 95.9 Å². The fourth-order valence-electron chi connectivity index (χ4n) is 2.93. The highest BCUT2D eigenvalue weighted by Crippen LogP contribution is 2.17. The van der Waals surface area contributed by atoms with E-state index in [2.05, 4.69) is 5.32 Å². The highest BCUT2D eigenvalue weighted by Gasteiger charge is 2.28. The van der Waals surface area contributed by atoms with Crippen molar-refractivity contribution in [3.63, 3.8) is 0 Å². The van der Waals surface area contributed by atoms with Crippen molar-refractivity contribution in [3.05, 3.63) is 30.3 Å². The Balaban J connectivity index is 1.70. The number of likely N-dealkylation sites (tertiary alicyclic amines) is 1. The lowest BCUT2D eigenvalue weighted by Crippen LogP contribution is -2.47. The standard InChI is InChI=1S/C19H26N2O5/c22-17(14-26-16-8-2-1-3-9-16)21-12-6-7-15(13-21)19(25)20-11-5-4-10-18(23)24/h1-3,8-9,15H,4-7,10-14H2,(H,20,25)(H,23,24). The number of para-hydroxylation sites is 1. The maximum absolute atomic E-state index is 12.3. The van der Waals surface area contributed by atoms with Gasteiger partial charge >= 0.3 is 5.97 Å². The number of piperidine rings is 1. The Morgan fingerprint density at radius 3 is 2.69 bits per heavy atom. The highest BCUT2D eigenvalue weighted by atomic mass is 16.5. The predicted molar refractivity (Wildman–Crippen MR) is 95.7 cm³/mol. The van der Waals surface area contributed by atoms with Gasteiger partial charge in [0.05, 0.1) is 5.92 Å². The third-order valence-electron chi connectivity index (χ3n) is 4.37. The molecule has 1 heterocycles. The number of nitrogens with zero attached hydrogens (tertiary/aromatic N) is 1. The van der Waals surface area contributed by atoms with E-state index < -0.39 is 5.97 Å². The average Bonchev–Trinajstić information content (AvgIpc) is 2.66. The molecule has 0 aromatic heterocycles. The van der Waals surface area contributed by atoms with Crippen LogP contribution in [-0.4, -0.2) is 54.0 Å². The lowest BCUT2D eigenvalue weighted by Gasteiger charge is -2.32. The van der Waals surface area contributed by atoms with E-state index in [1.807, 2.05) is 18.2 Å². The second kappa shape index (κ2) is 10.4. The number of carboxylic acids is 1. The number of carboxylic acid groups (broad SMARTS) is 1. The third kappa shape index (κ3) is 6.74. The minimum Gasteiger partial charge on any atom is -0.484 e. The summed E-state index contributed by atoms with van der Waals surface area (Å²) in [6.45, 7) is 1.47. The molecule has 2 N–H and O–H groups in total. The summed E-state index contributed by atoms with van der Waals surface area (Å²) in [5, 5.41) is 11.4. The SMILES string of the molecule is O=C(O)CCCCNC(=O)C1CCCN(C(=O)COc2ccccc2)C1. The molecular formula is C19H26N2O5. The van der Waals surface area contributed by atoms with Crippen molar-refractivity contribution in [1.82, 2.24) is 10.2 Å². The minimum atomic E-state index is -0.824. The number of amides is 2. The number of benzene rings is 1. The molecule has 1 unspecified atom stereocenters. The monoisotopic (exact) mass is 362 g/mol. The first-order chi connectivity index (χ1) is 12.6. The van der Waals surface area contributed by atoms with Gasteiger partial charge in [-0.2, -0.15) is 0 Å². The number of carbonyl (C=O) groups is 3. The molecule has 0 aliphatic carbocycles. The van der Waals surface area contributed by atoms with Crippen molar-refractivity contribution in [1.29, 1.82) is 0 Å². The molecule has 1 aromatic carbocycles. The minimum absolute atomic E-state index is 0.0342. The van der Waals surface area contributed by atoms with Gasteiger partial charge in [-0.3, -0.25) is 14.4 Å². The van der Waals surface area contributed by atoms with Gasteiger partial charge in [0.2, 0.25) is 5.91 Å². The molecule has 1 atom stereocenters. The van der Waals surface area contributed by atoms with Crippen LogP contribution in [0.3, 0.4) is 0 Å². The highest BCUT2D eigenvalue weighted by molar-refractivity contribution is 5.82. The number of nitrogens with one attached hydrogen (secondary N) is 1. The van der Waals surface area contributed by atoms with Crippen LogP contribution in [0.25, 0.3) is 0 Å². The molecule has 7 nitrogen and oxygen atoms in total. The molecule has 26 heavy (non-hydrogen) atoms. The molecular weight excluding hydrogens is 336 g/mol. The van der Waals surface area contributed by atoms with Gasteiger partial charge in [-0.1, -0.05) is 18.2 Å². The van der Waals surface area contributed by atoms with Crippen molar-refractivity contribution < 1.29 is 24.2 Å². The van der Waals surface area contributed by atoms with E-state index in [0.717, 1.165) is 12.8 Å². The van der Waals surface area contributed by atoms with Crippen LogP contribution in [0.1, 0.15) is 32.1 Å². The first-order valence-corrected chi connectivity index (χ1v) is 9.01. The maximum atomic E-state index is 12.3. The van der Waals surface area contributed by atoms with E-state index >= 15 is 0 Å². The summed E-state index contributed by atoms with van der Waals surface area (Å²) in [6, 6.07) is 9.16. The molecule has 0 spiro atoms.